The lowest BCUT2D eigenvalue weighted by Gasteiger charge is -2.33. The number of benzene rings is 1. The van der Waals surface area contributed by atoms with Gasteiger partial charge in [-0.2, -0.15) is 4.31 Å². The van der Waals surface area contributed by atoms with E-state index in [2.05, 4.69) is 10.6 Å². The number of carbonyl (C=O) groups is 1. The molecule has 1 aromatic rings. The normalized spacial score (nSPS) is 26.0. The van der Waals surface area contributed by atoms with Crippen LogP contribution in [0.3, 0.4) is 0 Å². The third kappa shape index (κ3) is 3.96. The highest BCUT2D eigenvalue weighted by Crippen LogP contribution is 2.24. The van der Waals surface area contributed by atoms with E-state index in [9.17, 15) is 13.2 Å². The number of rotatable bonds is 4. The molecule has 2 saturated heterocycles. The summed E-state index contributed by atoms with van der Waals surface area (Å²) >= 11 is 0. The average molecular weight is 351 g/mol. The van der Waals surface area contributed by atoms with Crippen molar-refractivity contribution in [1.29, 1.82) is 0 Å². The molecule has 0 spiro atoms. The van der Waals surface area contributed by atoms with E-state index in [-0.39, 0.29) is 24.4 Å². The van der Waals surface area contributed by atoms with Crippen molar-refractivity contribution in [2.24, 2.45) is 5.92 Å². The van der Waals surface area contributed by atoms with Gasteiger partial charge in [0.25, 0.3) is 0 Å². The molecule has 0 bridgehead atoms. The van der Waals surface area contributed by atoms with Crippen molar-refractivity contribution in [3.63, 3.8) is 0 Å². The zero-order valence-corrected chi connectivity index (χ0v) is 14.6. The number of nitrogens with zero attached hydrogens (tertiary/aromatic N) is 1. The van der Waals surface area contributed by atoms with Crippen LogP contribution in [0.25, 0.3) is 0 Å². The topological polar surface area (TPSA) is 78.5 Å². The molecule has 2 fully saturated rings. The largest absolute Gasteiger partial charge is 0.352 e. The predicted octanol–water partition coefficient (Wildman–Crippen LogP) is 0.956. The molecular weight excluding hydrogens is 326 g/mol. The van der Waals surface area contributed by atoms with Crippen molar-refractivity contribution in [2.75, 3.05) is 26.2 Å². The van der Waals surface area contributed by atoms with Gasteiger partial charge in [0.05, 0.1) is 10.8 Å². The first-order valence-electron chi connectivity index (χ1n) is 8.63. The SMILES string of the molecule is O=C(N[C@H]1CCCNC1)C1CCCN(S(=O)(=O)c2ccccc2)C1. The number of piperidine rings is 2. The monoisotopic (exact) mass is 351 g/mol. The van der Waals surface area contributed by atoms with E-state index in [1.807, 2.05) is 0 Å². The van der Waals surface area contributed by atoms with Gasteiger partial charge in [0.2, 0.25) is 15.9 Å². The summed E-state index contributed by atoms with van der Waals surface area (Å²) in [5.41, 5.74) is 0. The molecule has 132 valence electrons. The highest BCUT2D eigenvalue weighted by molar-refractivity contribution is 7.89. The summed E-state index contributed by atoms with van der Waals surface area (Å²) in [5.74, 6) is -0.282. The molecule has 24 heavy (non-hydrogen) atoms. The van der Waals surface area contributed by atoms with Crippen molar-refractivity contribution in [2.45, 2.75) is 36.6 Å². The third-order valence-electron chi connectivity index (χ3n) is 4.78. The van der Waals surface area contributed by atoms with Gasteiger partial charge in [-0.25, -0.2) is 8.42 Å². The van der Waals surface area contributed by atoms with E-state index in [0.717, 1.165) is 32.4 Å². The maximum absolute atomic E-state index is 12.7. The molecule has 3 rings (SSSR count). The van der Waals surface area contributed by atoms with E-state index >= 15 is 0 Å². The smallest absolute Gasteiger partial charge is 0.243 e. The lowest BCUT2D eigenvalue weighted by atomic mass is 9.97. The molecule has 1 aromatic carbocycles. The molecular formula is C17H25N3O3S. The predicted molar refractivity (Wildman–Crippen MR) is 92.0 cm³/mol. The molecule has 2 atom stereocenters. The first-order chi connectivity index (χ1) is 11.6. The number of hydrogen-bond donors (Lipinski definition) is 2. The van der Waals surface area contributed by atoms with E-state index in [1.54, 1.807) is 30.3 Å². The van der Waals surface area contributed by atoms with Gasteiger partial charge >= 0.3 is 0 Å². The van der Waals surface area contributed by atoms with Crippen LogP contribution in [0.1, 0.15) is 25.7 Å². The quantitative estimate of drug-likeness (QED) is 0.847. The lowest BCUT2D eigenvalue weighted by Crippen LogP contribution is -2.51. The fraction of sp³-hybridized carbons (Fsp3) is 0.588. The molecule has 0 saturated carbocycles. The van der Waals surface area contributed by atoms with Gasteiger partial charge in [-0.3, -0.25) is 4.79 Å². The van der Waals surface area contributed by atoms with Gasteiger partial charge in [-0.05, 0) is 44.4 Å². The van der Waals surface area contributed by atoms with Crippen LogP contribution in [-0.4, -0.2) is 50.9 Å². The summed E-state index contributed by atoms with van der Waals surface area (Å²) in [6.07, 6.45) is 3.50. The van der Waals surface area contributed by atoms with Gasteiger partial charge in [0.15, 0.2) is 0 Å². The van der Waals surface area contributed by atoms with Crippen LogP contribution in [0, 0.1) is 5.92 Å². The third-order valence-corrected chi connectivity index (χ3v) is 6.66. The molecule has 0 aliphatic carbocycles. The minimum Gasteiger partial charge on any atom is -0.352 e. The van der Waals surface area contributed by atoms with E-state index in [1.165, 1.54) is 4.31 Å². The molecule has 2 heterocycles. The molecule has 0 radical (unpaired) electrons. The molecule has 0 aromatic heterocycles. The number of amides is 1. The number of sulfonamides is 1. The Labute approximate surface area is 143 Å². The average Bonchev–Trinajstić information content (AvgIpc) is 2.63. The molecule has 2 aliphatic rings. The minimum absolute atomic E-state index is 0.0170. The molecule has 6 nitrogen and oxygen atoms in total. The van der Waals surface area contributed by atoms with Crippen LogP contribution < -0.4 is 10.6 Å². The van der Waals surface area contributed by atoms with Crippen LogP contribution in [0.15, 0.2) is 35.2 Å². The molecule has 2 aliphatic heterocycles. The van der Waals surface area contributed by atoms with Gasteiger partial charge in [-0.15, -0.1) is 0 Å². The summed E-state index contributed by atoms with van der Waals surface area (Å²) in [6, 6.07) is 8.60. The summed E-state index contributed by atoms with van der Waals surface area (Å²) in [5, 5.41) is 6.35. The van der Waals surface area contributed by atoms with Crippen LogP contribution >= 0.6 is 0 Å². The van der Waals surface area contributed by atoms with Crippen LogP contribution in [-0.2, 0) is 14.8 Å². The minimum atomic E-state index is -3.52. The maximum atomic E-state index is 12.7. The Balaban J connectivity index is 1.64. The van der Waals surface area contributed by atoms with Crippen molar-refractivity contribution >= 4 is 15.9 Å². The lowest BCUT2D eigenvalue weighted by molar-refractivity contribution is -0.126. The highest BCUT2D eigenvalue weighted by Gasteiger charge is 2.33. The van der Waals surface area contributed by atoms with Gasteiger partial charge in [-0.1, -0.05) is 18.2 Å². The number of nitrogens with one attached hydrogen (secondary N) is 2. The Hall–Kier alpha value is -1.44. The first-order valence-corrected chi connectivity index (χ1v) is 10.1. The van der Waals surface area contributed by atoms with Gasteiger partial charge in [0.1, 0.15) is 0 Å². The van der Waals surface area contributed by atoms with Crippen molar-refractivity contribution in [3.8, 4) is 0 Å². The molecule has 2 N–H and O–H groups in total. The maximum Gasteiger partial charge on any atom is 0.243 e. The summed E-state index contributed by atoms with van der Waals surface area (Å²) in [7, 11) is -3.52. The van der Waals surface area contributed by atoms with Crippen molar-refractivity contribution in [1.82, 2.24) is 14.9 Å². The Bertz CT molecular complexity index is 657. The van der Waals surface area contributed by atoms with Gasteiger partial charge < -0.3 is 10.6 Å². The zero-order valence-electron chi connectivity index (χ0n) is 13.8. The Kier molecular flexibility index (Phi) is 5.53. The molecule has 1 amide bonds. The molecule has 7 heteroatoms. The fourth-order valence-corrected chi connectivity index (χ4v) is 4.96. The Morgan fingerprint density at radius 2 is 1.96 bits per heavy atom. The first kappa shape index (κ1) is 17.4. The molecule has 1 unspecified atom stereocenters. The number of carbonyl (C=O) groups excluding carboxylic acids is 1. The second kappa shape index (κ2) is 7.63. The zero-order chi connectivity index (χ0) is 17.0. The van der Waals surface area contributed by atoms with Crippen molar-refractivity contribution in [3.05, 3.63) is 30.3 Å². The summed E-state index contributed by atoms with van der Waals surface area (Å²) < 4.78 is 26.9. The fourth-order valence-electron chi connectivity index (χ4n) is 3.41. The van der Waals surface area contributed by atoms with Crippen LogP contribution in [0.2, 0.25) is 0 Å². The van der Waals surface area contributed by atoms with Crippen molar-refractivity contribution < 1.29 is 13.2 Å². The van der Waals surface area contributed by atoms with E-state index in [0.29, 0.717) is 17.9 Å². The van der Waals surface area contributed by atoms with Crippen LogP contribution in [0.5, 0.6) is 0 Å². The van der Waals surface area contributed by atoms with E-state index < -0.39 is 10.0 Å². The summed E-state index contributed by atoms with van der Waals surface area (Å²) in [4.78, 5) is 12.8. The summed E-state index contributed by atoms with van der Waals surface area (Å²) in [6.45, 7) is 2.54. The Morgan fingerprint density at radius 3 is 2.67 bits per heavy atom. The second-order valence-corrected chi connectivity index (χ2v) is 8.51. The Morgan fingerprint density at radius 1 is 1.17 bits per heavy atom. The second-order valence-electron chi connectivity index (χ2n) is 6.57. The number of hydrogen-bond acceptors (Lipinski definition) is 4. The highest BCUT2D eigenvalue weighted by atomic mass is 32.2. The van der Waals surface area contributed by atoms with Gasteiger partial charge in [0, 0.05) is 25.7 Å². The van der Waals surface area contributed by atoms with Crippen LogP contribution in [0.4, 0.5) is 0 Å². The van der Waals surface area contributed by atoms with E-state index in [4.69, 9.17) is 0 Å². The standard InChI is InChI=1S/C17H25N3O3S/c21-17(19-15-7-4-10-18-12-15)14-6-5-11-20(13-14)24(22,23)16-8-2-1-3-9-16/h1-3,8-9,14-15,18H,4-7,10-13H2,(H,19,21)/t14?,15-/m0/s1.